The first kappa shape index (κ1) is 15.5. The maximum absolute atomic E-state index is 12.2. The van der Waals surface area contributed by atoms with Crippen molar-refractivity contribution in [3.05, 3.63) is 70.8 Å². The van der Waals surface area contributed by atoms with Crippen LogP contribution in [0.15, 0.2) is 63.9 Å². The Morgan fingerprint density at radius 1 is 1.22 bits per heavy atom. The molecule has 3 aromatic rings. The van der Waals surface area contributed by atoms with E-state index in [1.54, 1.807) is 42.5 Å². The van der Waals surface area contributed by atoms with Crippen molar-refractivity contribution in [2.24, 2.45) is 0 Å². The first-order chi connectivity index (χ1) is 11.1. The summed E-state index contributed by atoms with van der Waals surface area (Å²) in [5, 5.41) is 17.2. The highest BCUT2D eigenvalue weighted by molar-refractivity contribution is 7.08. The third-order valence-electron chi connectivity index (χ3n) is 3.65. The summed E-state index contributed by atoms with van der Waals surface area (Å²) in [7, 11) is 0. The predicted octanol–water partition coefficient (Wildman–Crippen LogP) is 3.65. The summed E-state index contributed by atoms with van der Waals surface area (Å²) in [6, 6.07) is 12.8. The van der Waals surface area contributed by atoms with E-state index in [9.17, 15) is 9.90 Å². The number of carbonyl (C=O) groups excluding carboxylic acids is 1. The van der Waals surface area contributed by atoms with Crippen LogP contribution in [0.5, 0.6) is 0 Å². The van der Waals surface area contributed by atoms with Crippen LogP contribution in [0.4, 0.5) is 0 Å². The molecule has 0 spiro atoms. The summed E-state index contributed by atoms with van der Waals surface area (Å²) in [6.45, 7) is 1.68. The molecule has 0 saturated carbocycles. The summed E-state index contributed by atoms with van der Waals surface area (Å²) < 4.78 is 5.19. The van der Waals surface area contributed by atoms with Crippen molar-refractivity contribution >= 4 is 17.2 Å². The summed E-state index contributed by atoms with van der Waals surface area (Å²) in [5.41, 5.74) is 1.53. The number of benzene rings is 1. The van der Waals surface area contributed by atoms with Gasteiger partial charge in [0.1, 0.15) is 11.4 Å². The molecule has 0 fully saturated rings. The van der Waals surface area contributed by atoms with E-state index < -0.39 is 5.60 Å². The van der Waals surface area contributed by atoms with Crippen LogP contribution in [0.2, 0.25) is 0 Å². The summed E-state index contributed by atoms with van der Waals surface area (Å²) in [5.74, 6) is 0.194. The van der Waals surface area contributed by atoms with Gasteiger partial charge < -0.3 is 14.8 Å². The number of aliphatic hydroxyl groups is 1. The molecular weight excluding hydrogens is 310 g/mol. The van der Waals surface area contributed by atoms with Crippen LogP contribution in [0, 0.1) is 0 Å². The number of furan rings is 1. The Hall–Kier alpha value is -2.37. The molecule has 1 unspecified atom stereocenters. The molecule has 23 heavy (non-hydrogen) atoms. The van der Waals surface area contributed by atoms with Gasteiger partial charge in [-0.05, 0) is 59.1 Å². The Labute approximate surface area is 138 Å². The molecule has 0 saturated heterocycles. The van der Waals surface area contributed by atoms with Crippen LogP contribution < -0.4 is 5.32 Å². The Kier molecular flexibility index (Phi) is 4.32. The molecule has 2 aromatic heterocycles. The minimum Gasteiger partial charge on any atom is -0.466 e. The van der Waals surface area contributed by atoms with Crippen LogP contribution >= 0.6 is 11.3 Å². The van der Waals surface area contributed by atoms with Crippen LogP contribution in [0.1, 0.15) is 23.0 Å². The normalized spacial score (nSPS) is 13.5. The zero-order chi connectivity index (χ0) is 16.3. The fourth-order valence-corrected chi connectivity index (χ4v) is 2.93. The minimum atomic E-state index is -1.24. The first-order valence-electron chi connectivity index (χ1n) is 7.23. The van der Waals surface area contributed by atoms with Crippen LogP contribution in [-0.2, 0) is 5.60 Å². The van der Waals surface area contributed by atoms with E-state index in [4.69, 9.17) is 4.42 Å². The van der Waals surface area contributed by atoms with Gasteiger partial charge in [-0.15, -0.1) is 0 Å². The molecule has 118 valence electrons. The van der Waals surface area contributed by atoms with E-state index in [-0.39, 0.29) is 12.5 Å². The van der Waals surface area contributed by atoms with Crippen molar-refractivity contribution in [1.29, 1.82) is 0 Å². The summed E-state index contributed by atoms with van der Waals surface area (Å²) in [4.78, 5) is 12.2. The minimum absolute atomic E-state index is 0.0750. The van der Waals surface area contributed by atoms with E-state index in [0.717, 1.165) is 11.1 Å². The third kappa shape index (κ3) is 3.52. The smallest absolute Gasteiger partial charge is 0.251 e. The fraction of sp³-hybridized carbons (Fsp3) is 0.167. The largest absolute Gasteiger partial charge is 0.466 e. The maximum atomic E-state index is 12.2. The molecule has 0 bridgehead atoms. The Balaban J connectivity index is 1.64. The van der Waals surface area contributed by atoms with Crippen molar-refractivity contribution in [1.82, 2.24) is 5.32 Å². The lowest BCUT2D eigenvalue weighted by atomic mass is 10.0. The van der Waals surface area contributed by atoms with E-state index in [1.165, 1.54) is 6.26 Å². The van der Waals surface area contributed by atoms with Gasteiger partial charge in [0.05, 0.1) is 12.8 Å². The second-order valence-corrected chi connectivity index (χ2v) is 6.30. The SMILES string of the molecule is CC(O)(CNC(=O)c1ccc(-c2ccsc2)cc1)c1ccco1. The van der Waals surface area contributed by atoms with Gasteiger partial charge in [-0.3, -0.25) is 4.79 Å². The van der Waals surface area contributed by atoms with Crippen LogP contribution in [0.25, 0.3) is 11.1 Å². The Morgan fingerprint density at radius 3 is 2.61 bits per heavy atom. The molecule has 2 heterocycles. The molecular formula is C18H17NO3S. The molecule has 3 rings (SSSR count). The van der Waals surface area contributed by atoms with Gasteiger partial charge in [0.25, 0.3) is 5.91 Å². The number of amides is 1. The molecule has 1 atom stereocenters. The molecule has 0 aliphatic heterocycles. The standard InChI is InChI=1S/C18H17NO3S/c1-18(21,16-3-2-9-22-16)12-19-17(20)14-6-4-13(5-7-14)15-8-10-23-11-15/h2-11,21H,12H2,1H3,(H,19,20). The molecule has 4 nitrogen and oxygen atoms in total. The van der Waals surface area contributed by atoms with Crippen molar-refractivity contribution in [2.45, 2.75) is 12.5 Å². The number of hydrogen-bond acceptors (Lipinski definition) is 4. The number of carbonyl (C=O) groups is 1. The molecule has 5 heteroatoms. The number of rotatable bonds is 5. The molecule has 0 aliphatic carbocycles. The summed E-state index contributed by atoms with van der Waals surface area (Å²) in [6.07, 6.45) is 1.49. The fourth-order valence-electron chi connectivity index (χ4n) is 2.27. The molecule has 1 aromatic carbocycles. The van der Waals surface area contributed by atoms with Crippen molar-refractivity contribution < 1.29 is 14.3 Å². The highest BCUT2D eigenvalue weighted by Crippen LogP contribution is 2.23. The monoisotopic (exact) mass is 327 g/mol. The zero-order valence-electron chi connectivity index (χ0n) is 12.7. The van der Waals surface area contributed by atoms with Gasteiger partial charge in [-0.1, -0.05) is 12.1 Å². The average molecular weight is 327 g/mol. The Bertz CT molecular complexity index is 759. The second kappa shape index (κ2) is 6.40. The average Bonchev–Trinajstić information content (AvgIpc) is 3.26. The first-order valence-corrected chi connectivity index (χ1v) is 8.18. The lowest BCUT2D eigenvalue weighted by Crippen LogP contribution is -2.38. The maximum Gasteiger partial charge on any atom is 0.251 e. The van der Waals surface area contributed by atoms with Gasteiger partial charge in [0.2, 0.25) is 0 Å². The third-order valence-corrected chi connectivity index (χ3v) is 4.33. The van der Waals surface area contributed by atoms with Gasteiger partial charge in [0, 0.05) is 5.56 Å². The zero-order valence-corrected chi connectivity index (χ0v) is 13.5. The quantitative estimate of drug-likeness (QED) is 0.752. The van der Waals surface area contributed by atoms with Crippen molar-refractivity contribution in [3.8, 4) is 11.1 Å². The van der Waals surface area contributed by atoms with E-state index in [2.05, 4.69) is 10.7 Å². The lowest BCUT2D eigenvalue weighted by molar-refractivity contribution is 0.0330. The van der Waals surface area contributed by atoms with E-state index >= 15 is 0 Å². The summed E-state index contributed by atoms with van der Waals surface area (Å²) >= 11 is 1.64. The van der Waals surface area contributed by atoms with Crippen molar-refractivity contribution in [3.63, 3.8) is 0 Å². The number of nitrogens with one attached hydrogen (secondary N) is 1. The number of thiophene rings is 1. The van der Waals surface area contributed by atoms with Gasteiger partial charge in [-0.2, -0.15) is 11.3 Å². The van der Waals surface area contributed by atoms with Crippen molar-refractivity contribution in [2.75, 3.05) is 6.54 Å². The molecule has 0 radical (unpaired) electrons. The molecule has 2 N–H and O–H groups in total. The number of hydrogen-bond donors (Lipinski definition) is 2. The topological polar surface area (TPSA) is 62.5 Å². The highest BCUT2D eigenvalue weighted by Gasteiger charge is 2.26. The second-order valence-electron chi connectivity index (χ2n) is 5.52. The predicted molar refractivity (Wildman–Crippen MR) is 90.4 cm³/mol. The van der Waals surface area contributed by atoms with E-state index in [0.29, 0.717) is 11.3 Å². The van der Waals surface area contributed by atoms with E-state index in [1.807, 2.05) is 23.6 Å². The molecule has 0 aliphatic rings. The van der Waals surface area contributed by atoms with Crippen LogP contribution in [-0.4, -0.2) is 17.6 Å². The lowest BCUT2D eigenvalue weighted by Gasteiger charge is -2.21. The van der Waals surface area contributed by atoms with Gasteiger partial charge in [-0.25, -0.2) is 0 Å². The van der Waals surface area contributed by atoms with Crippen LogP contribution in [0.3, 0.4) is 0 Å². The Morgan fingerprint density at radius 2 is 2.00 bits per heavy atom. The van der Waals surface area contributed by atoms with Gasteiger partial charge in [0.15, 0.2) is 0 Å². The van der Waals surface area contributed by atoms with Gasteiger partial charge >= 0.3 is 0 Å². The molecule has 1 amide bonds. The highest BCUT2D eigenvalue weighted by atomic mass is 32.1.